The summed E-state index contributed by atoms with van der Waals surface area (Å²) in [7, 11) is 0. The van der Waals surface area contributed by atoms with E-state index in [1.165, 1.54) is 6.08 Å². The first-order valence-electron chi connectivity index (χ1n) is 8.46. The van der Waals surface area contributed by atoms with E-state index in [2.05, 4.69) is 11.8 Å². The van der Waals surface area contributed by atoms with Crippen LogP contribution in [0, 0.1) is 11.8 Å². The molecule has 0 aliphatic rings. The Morgan fingerprint density at radius 3 is 2.08 bits per heavy atom. The van der Waals surface area contributed by atoms with E-state index in [-0.39, 0.29) is 6.67 Å². The second kappa shape index (κ2) is 10.7. The molecule has 0 spiro atoms. The largest absolute Gasteiger partial charge is 0.494 e. The predicted octanol–water partition coefficient (Wildman–Crippen LogP) is 4.70. The van der Waals surface area contributed by atoms with Crippen molar-refractivity contribution in [1.29, 1.82) is 0 Å². The molecule has 0 saturated heterocycles. The van der Waals surface area contributed by atoms with Crippen molar-refractivity contribution in [1.82, 2.24) is 0 Å². The van der Waals surface area contributed by atoms with Gasteiger partial charge in [-0.1, -0.05) is 17.9 Å². The Labute approximate surface area is 153 Å². The first-order chi connectivity index (χ1) is 12.7. The van der Waals surface area contributed by atoms with Crippen LogP contribution in [0.3, 0.4) is 0 Å². The molecule has 0 atom stereocenters. The highest BCUT2D eigenvalue weighted by molar-refractivity contribution is 5.83. The fourth-order valence-electron chi connectivity index (χ4n) is 2.06. The fraction of sp³-hybridized carbons (Fsp3) is 0.227. The Hall–Kier alpha value is -3.06. The average molecular weight is 352 g/mol. The van der Waals surface area contributed by atoms with Gasteiger partial charge in [0, 0.05) is 17.2 Å². The number of hydrogen-bond donors (Lipinski definition) is 0. The van der Waals surface area contributed by atoms with Gasteiger partial charge in [0.2, 0.25) is 0 Å². The third-order valence-electron chi connectivity index (χ3n) is 3.38. The molecule has 0 aromatic heterocycles. The lowest BCUT2D eigenvalue weighted by atomic mass is 10.2. The Morgan fingerprint density at radius 1 is 0.962 bits per heavy atom. The number of carbonyl (C=O) groups excluding carboxylic acids is 1. The van der Waals surface area contributed by atoms with E-state index in [4.69, 9.17) is 9.47 Å². The number of unbranched alkanes of at least 4 members (excludes halogenated alkanes) is 1. The highest BCUT2D eigenvalue weighted by Gasteiger charge is 1.99. The van der Waals surface area contributed by atoms with Gasteiger partial charge in [0.15, 0.2) is 0 Å². The topological polar surface area (TPSA) is 35.5 Å². The van der Waals surface area contributed by atoms with Crippen LogP contribution in [0.2, 0.25) is 0 Å². The van der Waals surface area contributed by atoms with Gasteiger partial charge < -0.3 is 9.47 Å². The Kier molecular flexibility index (Phi) is 7.95. The second-order valence-electron chi connectivity index (χ2n) is 5.46. The molecule has 0 aliphatic heterocycles. The van der Waals surface area contributed by atoms with Gasteiger partial charge in [-0.15, -0.1) is 0 Å². The summed E-state index contributed by atoms with van der Waals surface area (Å²) in [6.45, 7) is 1.96. The summed E-state index contributed by atoms with van der Waals surface area (Å²) in [5.74, 6) is 6.96. The number of allylic oxidation sites excluding steroid dienone is 1. The minimum Gasteiger partial charge on any atom is -0.494 e. The summed E-state index contributed by atoms with van der Waals surface area (Å²) in [6, 6.07) is 14.5. The zero-order chi connectivity index (χ0) is 18.6. The van der Waals surface area contributed by atoms with E-state index >= 15 is 0 Å². The normalized spacial score (nSPS) is 10.2. The van der Waals surface area contributed by atoms with Crippen LogP contribution in [0.25, 0.3) is 0 Å². The molecule has 0 fully saturated rings. The van der Waals surface area contributed by atoms with Crippen LogP contribution in [0.5, 0.6) is 11.5 Å². The Morgan fingerprint density at radius 2 is 1.54 bits per heavy atom. The summed E-state index contributed by atoms with van der Waals surface area (Å²) in [4.78, 5) is 11.4. The van der Waals surface area contributed by atoms with E-state index in [0.717, 1.165) is 16.9 Å². The highest BCUT2D eigenvalue weighted by Crippen LogP contribution is 2.14. The second-order valence-corrected chi connectivity index (χ2v) is 5.46. The van der Waals surface area contributed by atoms with Crippen LogP contribution >= 0.6 is 0 Å². The number of ether oxygens (including phenoxy) is 2. The molecule has 0 heterocycles. The molecular formula is C22H21FO3. The first kappa shape index (κ1) is 19.3. The van der Waals surface area contributed by atoms with E-state index < -0.39 is 5.97 Å². The van der Waals surface area contributed by atoms with Gasteiger partial charge in [0.05, 0.1) is 13.3 Å². The Bertz CT molecular complexity index is 781. The number of rotatable bonds is 7. The average Bonchev–Trinajstić information content (AvgIpc) is 2.66. The Balaban J connectivity index is 1.91. The van der Waals surface area contributed by atoms with Crippen molar-refractivity contribution in [2.24, 2.45) is 0 Å². The quantitative estimate of drug-likeness (QED) is 0.238. The van der Waals surface area contributed by atoms with E-state index in [1.54, 1.807) is 37.3 Å². The van der Waals surface area contributed by atoms with Gasteiger partial charge in [-0.25, -0.2) is 4.79 Å². The van der Waals surface area contributed by atoms with Gasteiger partial charge in [-0.3, -0.25) is 4.39 Å². The van der Waals surface area contributed by atoms with Crippen molar-refractivity contribution in [2.45, 2.75) is 19.8 Å². The summed E-state index contributed by atoms with van der Waals surface area (Å²) < 4.78 is 22.7. The monoisotopic (exact) mass is 352 g/mol. The SMILES string of the molecule is CC=CC(=O)Oc1ccc(C#Cc2ccc(OCCCCF)cc2)cc1. The van der Waals surface area contributed by atoms with Crippen LogP contribution in [0.15, 0.2) is 60.7 Å². The lowest BCUT2D eigenvalue weighted by Gasteiger charge is -2.04. The molecule has 3 nitrogen and oxygen atoms in total. The van der Waals surface area contributed by atoms with Gasteiger partial charge in [0.25, 0.3) is 0 Å². The molecule has 2 rings (SSSR count). The van der Waals surface area contributed by atoms with Crippen molar-refractivity contribution < 1.29 is 18.7 Å². The summed E-state index contributed by atoms with van der Waals surface area (Å²) in [6.07, 6.45) is 4.22. The molecule has 0 unspecified atom stereocenters. The van der Waals surface area contributed by atoms with E-state index in [0.29, 0.717) is 25.2 Å². The molecule has 0 N–H and O–H groups in total. The lowest BCUT2D eigenvalue weighted by molar-refractivity contribution is -0.129. The van der Waals surface area contributed by atoms with Crippen molar-refractivity contribution in [3.05, 3.63) is 71.8 Å². The van der Waals surface area contributed by atoms with Crippen molar-refractivity contribution in [2.75, 3.05) is 13.3 Å². The summed E-state index contributed by atoms with van der Waals surface area (Å²) in [5.41, 5.74) is 1.69. The van der Waals surface area contributed by atoms with E-state index in [1.807, 2.05) is 24.3 Å². The molecule has 0 saturated carbocycles. The van der Waals surface area contributed by atoms with Crippen LogP contribution < -0.4 is 9.47 Å². The number of carbonyl (C=O) groups is 1. The smallest absolute Gasteiger partial charge is 0.335 e. The van der Waals surface area contributed by atoms with Crippen molar-refractivity contribution in [3.8, 4) is 23.3 Å². The minimum atomic E-state index is -0.404. The van der Waals surface area contributed by atoms with E-state index in [9.17, 15) is 9.18 Å². The van der Waals surface area contributed by atoms with Gasteiger partial charge in [-0.05, 0) is 68.3 Å². The maximum Gasteiger partial charge on any atom is 0.335 e. The number of esters is 1. The number of hydrogen-bond acceptors (Lipinski definition) is 3. The summed E-state index contributed by atoms with van der Waals surface area (Å²) >= 11 is 0. The zero-order valence-corrected chi connectivity index (χ0v) is 14.7. The van der Waals surface area contributed by atoms with Gasteiger partial charge in [0.1, 0.15) is 11.5 Å². The molecule has 26 heavy (non-hydrogen) atoms. The molecule has 4 heteroatoms. The standard InChI is InChI=1S/C22H21FO3/c1-2-5-22(24)26-21-14-10-19(11-15-21)7-6-18-8-12-20(13-9-18)25-17-4-3-16-23/h2,5,8-15H,3-4,16-17H2,1H3. The minimum absolute atomic E-state index is 0.308. The third kappa shape index (κ3) is 6.82. The van der Waals surface area contributed by atoms with Crippen molar-refractivity contribution >= 4 is 5.97 Å². The predicted molar refractivity (Wildman–Crippen MR) is 100 cm³/mol. The van der Waals surface area contributed by atoms with Crippen LogP contribution in [-0.4, -0.2) is 19.3 Å². The molecule has 2 aromatic carbocycles. The molecule has 0 radical (unpaired) electrons. The molecule has 134 valence electrons. The van der Waals surface area contributed by atoms with Gasteiger partial charge >= 0.3 is 5.97 Å². The zero-order valence-electron chi connectivity index (χ0n) is 14.7. The number of halogens is 1. The van der Waals surface area contributed by atoms with Crippen LogP contribution in [0.1, 0.15) is 30.9 Å². The fourth-order valence-corrected chi connectivity index (χ4v) is 2.06. The molecule has 0 aliphatic carbocycles. The number of benzene rings is 2. The number of alkyl halides is 1. The molecular weight excluding hydrogens is 331 g/mol. The summed E-state index contributed by atoms with van der Waals surface area (Å²) in [5, 5.41) is 0. The third-order valence-corrected chi connectivity index (χ3v) is 3.38. The lowest BCUT2D eigenvalue weighted by Crippen LogP contribution is -2.03. The maximum atomic E-state index is 12.0. The maximum absolute atomic E-state index is 12.0. The van der Waals surface area contributed by atoms with Gasteiger partial charge in [-0.2, -0.15) is 0 Å². The highest BCUT2D eigenvalue weighted by atomic mass is 19.1. The van der Waals surface area contributed by atoms with Crippen LogP contribution in [-0.2, 0) is 4.79 Å². The van der Waals surface area contributed by atoms with Crippen LogP contribution in [0.4, 0.5) is 4.39 Å². The molecule has 0 bridgehead atoms. The first-order valence-corrected chi connectivity index (χ1v) is 8.46. The van der Waals surface area contributed by atoms with Crippen molar-refractivity contribution in [3.63, 3.8) is 0 Å². The molecule has 2 aromatic rings. The molecule has 0 amide bonds.